The lowest BCUT2D eigenvalue weighted by Crippen LogP contribution is -2.12. The Bertz CT molecular complexity index is 75.6. The summed E-state index contributed by atoms with van der Waals surface area (Å²) in [7, 11) is 0. The molecular weight excluding hydrogens is 150 g/mol. The van der Waals surface area contributed by atoms with Gasteiger partial charge in [0.05, 0.1) is 0 Å². The Morgan fingerprint density at radius 3 is 1.78 bits per heavy atom. The van der Waals surface area contributed by atoms with Crippen molar-refractivity contribution in [3.63, 3.8) is 0 Å². The average molecular weight is 165 g/mol. The van der Waals surface area contributed by atoms with Crippen molar-refractivity contribution in [1.29, 1.82) is 0 Å². The quantitative estimate of drug-likeness (QED) is 0.594. The maximum atomic E-state index is 4.01. The van der Waals surface area contributed by atoms with E-state index in [4.69, 9.17) is 0 Å². The van der Waals surface area contributed by atoms with Crippen molar-refractivity contribution in [3.05, 3.63) is 0 Å². The molecule has 0 aromatic rings. The zero-order valence-corrected chi connectivity index (χ0v) is 8.04. The van der Waals surface area contributed by atoms with E-state index in [0.717, 1.165) is 13.0 Å². The van der Waals surface area contributed by atoms with E-state index in [2.05, 4.69) is 46.4 Å². The molecule has 56 valence electrons. The molecule has 0 aliphatic heterocycles. The summed E-state index contributed by atoms with van der Waals surface area (Å²) < 4.78 is 1.62. The first-order valence-corrected chi connectivity index (χ1v) is 3.87. The van der Waals surface area contributed by atoms with Crippen molar-refractivity contribution in [3.8, 4) is 0 Å². The van der Waals surface area contributed by atoms with Crippen LogP contribution in [0, 0.1) is 5.41 Å². The molecule has 0 unspecified atom stereocenters. The molecule has 0 aromatic carbocycles. The summed E-state index contributed by atoms with van der Waals surface area (Å²) in [6.07, 6.45) is 1.12. The van der Waals surface area contributed by atoms with Crippen molar-refractivity contribution < 1.29 is 0 Å². The van der Waals surface area contributed by atoms with Crippen molar-refractivity contribution in [1.82, 2.24) is 3.71 Å². The first kappa shape index (κ1) is 9.66. The second-order valence-electron chi connectivity index (χ2n) is 3.41. The van der Waals surface area contributed by atoms with Crippen LogP contribution in [0.4, 0.5) is 0 Å². The molecule has 0 spiro atoms. The predicted molar refractivity (Wildman–Crippen MR) is 48.8 cm³/mol. The number of hydrogen-bond acceptors (Lipinski definition) is 3. The minimum absolute atomic E-state index is 0.393. The Hall–Kier alpha value is 0.660. The summed E-state index contributed by atoms with van der Waals surface area (Å²) in [6, 6.07) is 0. The van der Waals surface area contributed by atoms with Gasteiger partial charge in [-0.2, -0.15) is 0 Å². The second kappa shape index (κ2) is 3.74. The van der Waals surface area contributed by atoms with Gasteiger partial charge in [0.25, 0.3) is 0 Å². The van der Waals surface area contributed by atoms with Gasteiger partial charge in [0.1, 0.15) is 0 Å². The summed E-state index contributed by atoms with van der Waals surface area (Å²) in [4.78, 5) is 0. The van der Waals surface area contributed by atoms with E-state index in [1.807, 2.05) is 0 Å². The lowest BCUT2D eigenvalue weighted by atomic mass is 9.93. The second-order valence-corrected chi connectivity index (χ2v) is 4.69. The van der Waals surface area contributed by atoms with Crippen LogP contribution in [0.15, 0.2) is 0 Å². The smallest absolute Gasteiger partial charge is 0.0202 e. The molecule has 0 heterocycles. The Balaban J connectivity index is 3.28. The van der Waals surface area contributed by atoms with Crippen LogP contribution in [-0.2, 0) is 0 Å². The van der Waals surface area contributed by atoms with Crippen LogP contribution < -0.4 is 0 Å². The minimum atomic E-state index is 0.393. The molecular formula is C6H15NS2. The van der Waals surface area contributed by atoms with Crippen LogP contribution in [0.5, 0.6) is 0 Å². The summed E-state index contributed by atoms with van der Waals surface area (Å²) in [5, 5.41) is 0. The monoisotopic (exact) mass is 165 g/mol. The molecule has 0 radical (unpaired) electrons. The highest BCUT2D eigenvalue weighted by Crippen LogP contribution is 2.19. The fraction of sp³-hybridized carbons (Fsp3) is 1.00. The molecule has 0 rings (SSSR count). The van der Waals surface area contributed by atoms with Gasteiger partial charge in [0.2, 0.25) is 0 Å². The van der Waals surface area contributed by atoms with Crippen molar-refractivity contribution >= 4 is 25.6 Å². The predicted octanol–water partition coefficient (Wildman–Crippen LogP) is 2.41. The van der Waals surface area contributed by atoms with Crippen LogP contribution in [0.3, 0.4) is 0 Å². The molecule has 0 amide bonds. The molecule has 0 atom stereocenters. The molecule has 0 aromatic heterocycles. The van der Waals surface area contributed by atoms with Gasteiger partial charge in [-0.1, -0.05) is 46.4 Å². The zero-order chi connectivity index (χ0) is 7.49. The van der Waals surface area contributed by atoms with E-state index in [0.29, 0.717) is 5.41 Å². The average Bonchev–Trinajstić information content (AvgIpc) is 1.59. The highest BCUT2D eigenvalue weighted by atomic mass is 32.2. The molecule has 0 aliphatic rings. The number of rotatable bonds is 2. The molecule has 1 nitrogen and oxygen atoms in total. The third kappa shape index (κ3) is 8.66. The largest absolute Gasteiger partial charge is 0.200 e. The van der Waals surface area contributed by atoms with Crippen LogP contribution in [0.25, 0.3) is 0 Å². The molecule has 9 heavy (non-hydrogen) atoms. The fourth-order valence-electron chi connectivity index (χ4n) is 0.435. The van der Waals surface area contributed by atoms with Gasteiger partial charge in [-0.25, -0.2) is 3.71 Å². The maximum Gasteiger partial charge on any atom is 0.0202 e. The SMILES string of the molecule is CC(C)(C)CCN(S)S. The molecule has 3 heteroatoms. The zero-order valence-electron chi connectivity index (χ0n) is 6.26. The van der Waals surface area contributed by atoms with Gasteiger partial charge >= 0.3 is 0 Å². The Kier molecular flexibility index (Phi) is 4.01. The van der Waals surface area contributed by atoms with Crippen LogP contribution in [0.2, 0.25) is 0 Å². The van der Waals surface area contributed by atoms with Crippen molar-refractivity contribution in [2.75, 3.05) is 6.54 Å². The summed E-state index contributed by atoms with van der Waals surface area (Å²) in [5.74, 6) is 0. The summed E-state index contributed by atoms with van der Waals surface area (Å²) >= 11 is 8.02. The van der Waals surface area contributed by atoms with Gasteiger partial charge < -0.3 is 0 Å². The standard InChI is InChI=1S/C6H15NS2/c1-6(2,3)4-5-7(8)9/h8-9H,4-5H2,1-3H3. The minimum Gasteiger partial charge on any atom is -0.200 e. The van der Waals surface area contributed by atoms with Gasteiger partial charge in [0.15, 0.2) is 0 Å². The number of thiol groups is 2. The Morgan fingerprint density at radius 2 is 1.67 bits per heavy atom. The highest BCUT2D eigenvalue weighted by molar-refractivity contribution is 7.93. The van der Waals surface area contributed by atoms with E-state index < -0.39 is 0 Å². The molecule has 0 N–H and O–H groups in total. The lowest BCUT2D eigenvalue weighted by molar-refractivity contribution is 0.365. The van der Waals surface area contributed by atoms with E-state index >= 15 is 0 Å². The van der Waals surface area contributed by atoms with Gasteiger partial charge in [-0.15, -0.1) is 0 Å². The number of nitrogens with zero attached hydrogens (tertiary/aromatic N) is 1. The molecule has 0 bridgehead atoms. The number of hydrogen-bond donors (Lipinski definition) is 2. The first-order chi connectivity index (χ1) is 3.92. The topological polar surface area (TPSA) is 3.24 Å². The van der Waals surface area contributed by atoms with E-state index in [9.17, 15) is 0 Å². The first-order valence-electron chi connectivity index (χ1n) is 3.07. The van der Waals surface area contributed by atoms with E-state index in [-0.39, 0.29) is 0 Å². The maximum absolute atomic E-state index is 4.01. The highest BCUT2D eigenvalue weighted by Gasteiger charge is 2.09. The molecule has 0 saturated carbocycles. The summed E-state index contributed by atoms with van der Waals surface area (Å²) in [6.45, 7) is 7.55. The normalized spacial score (nSPS) is 12.7. The third-order valence-corrected chi connectivity index (χ3v) is 1.46. The Morgan fingerprint density at radius 1 is 1.22 bits per heavy atom. The molecule has 0 saturated heterocycles. The van der Waals surface area contributed by atoms with Crippen LogP contribution >= 0.6 is 25.6 Å². The van der Waals surface area contributed by atoms with Gasteiger partial charge in [-0.05, 0) is 11.8 Å². The van der Waals surface area contributed by atoms with Gasteiger partial charge in [-0.3, -0.25) is 0 Å². The van der Waals surface area contributed by atoms with Gasteiger partial charge in [0, 0.05) is 6.54 Å². The van der Waals surface area contributed by atoms with Crippen molar-refractivity contribution in [2.24, 2.45) is 5.41 Å². The van der Waals surface area contributed by atoms with E-state index in [1.165, 1.54) is 0 Å². The summed E-state index contributed by atoms with van der Waals surface area (Å²) in [5.41, 5.74) is 0.393. The van der Waals surface area contributed by atoms with Crippen LogP contribution in [-0.4, -0.2) is 10.3 Å². The Labute approximate surface area is 68.9 Å². The van der Waals surface area contributed by atoms with E-state index in [1.54, 1.807) is 3.71 Å². The third-order valence-electron chi connectivity index (χ3n) is 1.06. The molecule has 0 aliphatic carbocycles. The fourth-order valence-corrected chi connectivity index (χ4v) is 0.635. The van der Waals surface area contributed by atoms with Crippen molar-refractivity contribution in [2.45, 2.75) is 27.2 Å². The lowest BCUT2D eigenvalue weighted by Gasteiger charge is -2.19. The molecule has 0 fully saturated rings. The van der Waals surface area contributed by atoms with Crippen LogP contribution in [0.1, 0.15) is 27.2 Å².